The second kappa shape index (κ2) is 6.08. The van der Waals surface area contributed by atoms with Crippen molar-refractivity contribution >= 4 is 48.9 Å². The Balaban J connectivity index is 1.89. The van der Waals surface area contributed by atoms with Gasteiger partial charge in [0.05, 0.1) is 23.3 Å². The molecule has 0 aliphatic heterocycles. The molecule has 1 heterocycles. The number of halogens is 2. The van der Waals surface area contributed by atoms with Crippen LogP contribution in [-0.4, -0.2) is 7.11 Å². The molecular weight excluding hydrogens is 402 g/mol. The fourth-order valence-corrected chi connectivity index (χ4v) is 4.42. The smallest absolute Gasteiger partial charge is 0.135 e. The van der Waals surface area contributed by atoms with Gasteiger partial charge in [0, 0.05) is 15.4 Å². The summed E-state index contributed by atoms with van der Waals surface area (Å²) in [5, 5.41) is 5.82. The molecule has 1 unspecified atom stereocenters. The van der Waals surface area contributed by atoms with Crippen molar-refractivity contribution in [3.8, 4) is 5.75 Å². The molecule has 1 saturated carbocycles. The number of anilines is 1. The third kappa shape index (κ3) is 3.05. The molecule has 20 heavy (non-hydrogen) atoms. The normalized spacial score (nSPS) is 15.9. The van der Waals surface area contributed by atoms with E-state index in [1.165, 1.54) is 17.7 Å². The van der Waals surface area contributed by atoms with E-state index < -0.39 is 0 Å². The lowest BCUT2D eigenvalue weighted by Gasteiger charge is -2.20. The lowest BCUT2D eigenvalue weighted by Crippen LogP contribution is -2.12. The van der Waals surface area contributed by atoms with Gasteiger partial charge in [-0.15, -0.1) is 11.3 Å². The van der Waals surface area contributed by atoms with Gasteiger partial charge in [-0.1, -0.05) is 6.07 Å². The quantitative estimate of drug-likeness (QED) is 0.660. The summed E-state index contributed by atoms with van der Waals surface area (Å²) in [7, 11) is 1.69. The summed E-state index contributed by atoms with van der Waals surface area (Å²) < 4.78 is 7.39. The van der Waals surface area contributed by atoms with Crippen molar-refractivity contribution in [1.29, 1.82) is 0 Å². The number of hydrogen-bond acceptors (Lipinski definition) is 3. The molecule has 0 amide bonds. The molecule has 1 fully saturated rings. The van der Waals surface area contributed by atoms with Crippen molar-refractivity contribution in [3.63, 3.8) is 0 Å². The van der Waals surface area contributed by atoms with E-state index in [1.54, 1.807) is 7.11 Å². The Morgan fingerprint density at radius 2 is 2.10 bits per heavy atom. The number of thiophene rings is 1. The molecule has 0 saturated heterocycles. The maximum atomic E-state index is 5.38. The molecule has 2 aromatic rings. The first-order valence-corrected chi connectivity index (χ1v) is 8.98. The predicted octanol–water partition coefficient (Wildman–Crippen LogP) is 5.84. The summed E-state index contributed by atoms with van der Waals surface area (Å²) in [6.07, 6.45) is 2.61. The molecule has 5 heteroatoms. The first-order valence-electron chi connectivity index (χ1n) is 6.52. The first-order chi connectivity index (χ1) is 9.69. The van der Waals surface area contributed by atoms with Gasteiger partial charge < -0.3 is 10.1 Å². The Hall–Kier alpha value is -0.520. The van der Waals surface area contributed by atoms with Crippen molar-refractivity contribution < 1.29 is 4.74 Å². The van der Waals surface area contributed by atoms with Crippen LogP contribution >= 0.6 is 43.2 Å². The fraction of sp³-hybridized carbons (Fsp3) is 0.333. The van der Waals surface area contributed by atoms with Crippen LogP contribution in [-0.2, 0) is 0 Å². The van der Waals surface area contributed by atoms with Crippen LogP contribution < -0.4 is 10.1 Å². The molecule has 0 bridgehead atoms. The van der Waals surface area contributed by atoms with E-state index in [0.717, 1.165) is 26.3 Å². The maximum Gasteiger partial charge on any atom is 0.135 e. The average molecular weight is 417 g/mol. The van der Waals surface area contributed by atoms with Crippen molar-refractivity contribution in [1.82, 2.24) is 0 Å². The first kappa shape index (κ1) is 14.4. The molecule has 3 rings (SSSR count). The summed E-state index contributed by atoms with van der Waals surface area (Å²) in [5.41, 5.74) is 1.08. The Morgan fingerprint density at radius 3 is 2.70 bits per heavy atom. The number of hydrogen-bond donors (Lipinski definition) is 1. The average Bonchev–Trinajstić information content (AvgIpc) is 3.12. The lowest BCUT2D eigenvalue weighted by molar-refractivity contribution is 0.412. The van der Waals surface area contributed by atoms with Gasteiger partial charge in [0.1, 0.15) is 5.75 Å². The fourth-order valence-electron chi connectivity index (χ4n) is 2.28. The van der Waals surface area contributed by atoms with Crippen LogP contribution in [0.4, 0.5) is 5.69 Å². The van der Waals surface area contributed by atoms with Crippen molar-refractivity contribution in [2.75, 3.05) is 12.4 Å². The van der Waals surface area contributed by atoms with E-state index in [9.17, 15) is 0 Å². The van der Waals surface area contributed by atoms with Gasteiger partial charge in [0.2, 0.25) is 0 Å². The van der Waals surface area contributed by atoms with Crippen LogP contribution in [0.1, 0.15) is 23.8 Å². The van der Waals surface area contributed by atoms with E-state index in [1.807, 2.05) is 23.5 Å². The maximum absolute atomic E-state index is 5.38. The number of benzene rings is 1. The second-order valence-corrected chi connectivity index (χ2v) is 7.63. The Bertz CT molecular complexity index is 596. The minimum absolute atomic E-state index is 0.400. The highest BCUT2D eigenvalue weighted by Crippen LogP contribution is 2.45. The molecule has 0 radical (unpaired) electrons. The molecular formula is C15H15Br2NOS. The van der Waals surface area contributed by atoms with Crippen molar-refractivity contribution in [2.45, 2.75) is 18.9 Å². The van der Waals surface area contributed by atoms with Gasteiger partial charge in [-0.2, -0.15) is 0 Å². The zero-order valence-electron chi connectivity index (χ0n) is 11.0. The van der Waals surface area contributed by atoms with Crippen molar-refractivity contribution in [3.05, 3.63) is 43.5 Å². The van der Waals surface area contributed by atoms with Gasteiger partial charge in [-0.25, -0.2) is 0 Å². The number of nitrogens with one attached hydrogen (secondary N) is 1. The SMILES string of the molecule is COc1cc(NC(c2cccs2)C2CC2)c(Br)cc1Br. The minimum Gasteiger partial charge on any atom is -0.495 e. The van der Waals surface area contributed by atoms with Crippen LogP contribution in [0.3, 0.4) is 0 Å². The largest absolute Gasteiger partial charge is 0.495 e. The van der Waals surface area contributed by atoms with Crippen molar-refractivity contribution in [2.24, 2.45) is 5.92 Å². The summed E-state index contributed by atoms with van der Waals surface area (Å²) in [4.78, 5) is 1.40. The Morgan fingerprint density at radius 1 is 1.30 bits per heavy atom. The lowest BCUT2D eigenvalue weighted by atomic mass is 10.1. The molecule has 106 valence electrons. The minimum atomic E-state index is 0.400. The molecule has 1 aromatic heterocycles. The van der Waals surface area contributed by atoms with Gasteiger partial charge in [-0.3, -0.25) is 0 Å². The summed E-state index contributed by atoms with van der Waals surface area (Å²) in [6.45, 7) is 0. The molecule has 1 N–H and O–H groups in total. The Labute approximate surface area is 139 Å². The van der Waals surface area contributed by atoms with Gasteiger partial charge >= 0.3 is 0 Å². The van der Waals surface area contributed by atoms with Gasteiger partial charge in [0.25, 0.3) is 0 Å². The van der Waals surface area contributed by atoms with E-state index in [0.29, 0.717) is 6.04 Å². The van der Waals surface area contributed by atoms with E-state index in [-0.39, 0.29) is 0 Å². The van der Waals surface area contributed by atoms with Crippen LogP contribution in [0.25, 0.3) is 0 Å². The summed E-state index contributed by atoms with van der Waals surface area (Å²) in [5.74, 6) is 1.59. The second-order valence-electron chi connectivity index (χ2n) is 4.94. The van der Waals surface area contributed by atoms with Crippen LogP contribution in [0, 0.1) is 5.92 Å². The number of rotatable bonds is 5. The van der Waals surface area contributed by atoms with E-state index in [2.05, 4.69) is 54.7 Å². The molecule has 1 aromatic carbocycles. The molecule has 1 atom stereocenters. The molecule has 0 spiro atoms. The summed E-state index contributed by atoms with van der Waals surface area (Å²) in [6, 6.07) is 8.80. The summed E-state index contributed by atoms with van der Waals surface area (Å²) >= 11 is 8.95. The van der Waals surface area contributed by atoms with Gasteiger partial charge in [-0.05, 0) is 68.1 Å². The monoisotopic (exact) mass is 415 g/mol. The predicted molar refractivity (Wildman–Crippen MR) is 91.8 cm³/mol. The topological polar surface area (TPSA) is 21.3 Å². The zero-order valence-corrected chi connectivity index (χ0v) is 15.0. The number of methoxy groups -OCH3 is 1. The van der Waals surface area contributed by atoms with E-state index in [4.69, 9.17) is 4.74 Å². The zero-order chi connectivity index (χ0) is 14.1. The molecule has 2 nitrogen and oxygen atoms in total. The standard InChI is InChI=1S/C15H15Br2NOS/c1-19-13-8-12(10(16)7-11(13)17)18-15(9-4-5-9)14-3-2-6-20-14/h2-3,6-9,15,18H,4-5H2,1H3. The van der Waals surface area contributed by atoms with Crippen LogP contribution in [0.5, 0.6) is 5.75 Å². The van der Waals surface area contributed by atoms with Crippen LogP contribution in [0.15, 0.2) is 38.6 Å². The van der Waals surface area contributed by atoms with Gasteiger partial charge in [0.15, 0.2) is 0 Å². The third-order valence-corrected chi connectivity index (χ3v) is 5.73. The molecule has 1 aliphatic carbocycles. The number of ether oxygens (including phenoxy) is 1. The highest BCUT2D eigenvalue weighted by atomic mass is 79.9. The molecule has 1 aliphatic rings. The highest BCUT2D eigenvalue weighted by Gasteiger charge is 2.33. The third-order valence-electron chi connectivity index (χ3n) is 3.50. The highest BCUT2D eigenvalue weighted by molar-refractivity contribution is 9.11. The Kier molecular flexibility index (Phi) is 4.38. The van der Waals surface area contributed by atoms with Crippen LogP contribution in [0.2, 0.25) is 0 Å². The van der Waals surface area contributed by atoms with E-state index >= 15 is 0 Å².